The van der Waals surface area contributed by atoms with Crippen LogP contribution in [0.4, 0.5) is 0 Å². The number of thiophene rings is 1. The maximum atomic E-state index is 5.93. The van der Waals surface area contributed by atoms with Gasteiger partial charge < -0.3 is 10.1 Å². The van der Waals surface area contributed by atoms with E-state index in [1.54, 1.807) is 11.3 Å². The zero-order valence-electron chi connectivity index (χ0n) is 12.4. The fourth-order valence-corrected chi connectivity index (χ4v) is 3.18. The molecule has 0 spiro atoms. The maximum Gasteiger partial charge on any atom is 0.119 e. The van der Waals surface area contributed by atoms with Crippen LogP contribution >= 0.6 is 22.9 Å². The molecule has 1 N–H and O–H groups in total. The number of hydrogen-bond acceptors (Lipinski definition) is 4. The van der Waals surface area contributed by atoms with Crippen molar-refractivity contribution in [2.45, 2.75) is 13.1 Å². The van der Waals surface area contributed by atoms with Crippen LogP contribution in [-0.2, 0) is 13.1 Å². The van der Waals surface area contributed by atoms with Gasteiger partial charge in [-0.15, -0.1) is 11.3 Å². The average molecular weight is 325 g/mol. The van der Waals surface area contributed by atoms with Crippen LogP contribution in [0.15, 0.2) is 36.4 Å². The molecule has 2 rings (SSSR count). The van der Waals surface area contributed by atoms with Crippen molar-refractivity contribution < 1.29 is 4.74 Å². The van der Waals surface area contributed by atoms with Crippen LogP contribution in [0.3, 0.4) is 0 Å². The van der Waals surface area contributed by atoms with E-state index in [0.29, 0.717) is 6.61 Å². The zero-order valence-corrected chi connectivity index (χ0v) is 14.0. The van der Waals surface area contributed by atoms with Crippen molar-refractivity contribution in [2.24, 2.45) is 0 Å². The molecular formula is C16H21ClN2OS. The van der Waals surface area contributed by atoms with Gasteiger partial charge in [0.1, 0.15) is 12.4 Å². The van der Waals surface area contributed by atoms with Crippen molar-refractivity contribution in [1.82, 2.24) is 10.2 Å². The number of likely N-dealkylation sites (N-methyl/N-ethyl adjacent to an activating group) is 1. The second-order valence-corrected chi connectivity index (χ2v) is 6.77. The van der Waals surface area contributed by atoms with Gasteiger partial charge in [0.15, 0.2) is 0 Å². The van der Waals surface area contributed by atoms with E-state index in [0.717, 1.165) is 29.7 Å². The van der Waals surface area contributed by atoms with E-state index in [9.17, 15) is 0 Å². The number of halogens is 1. The first-order chi connectivity index (χ1) is 10.2. The van der Waals surface area contributed by atoms with Gasteiger partial charge in [-0.3, -0.25) is 4.90 Å². The molecule has 1 heterocycles. The highest BCUT2D eigenvalue weighted by Crippen LogP contribution is 2.22. The number of rotatable bonds is 8. The van der Waals surface area contributed by atoms with Crippen LogP contribution in [0, 0.1) is 0 Å². The van der Waals surface area contributed by atoms with E-state index in [1.807, 2.05) is 25.2 Å². The van der Waals surface area contributed by atoms with Gasteiger partial charge in [-0.05, 0) is 43.9 Å². The molecule has 0 aliphatic carbocycles. The quantitative estimate of drug-likeness (QED) is 0.802. The van der Waals surface area contributed by atoms with Crippen LogP contribution in [0.5, 0.6) is 5.75 Å². The third kappa shape index (κ3) is 5.67. The van der Waals surface area contributed by atoms with Crippen molar-refractivity contribution in [3.8, 4) is 5.75 Å². The van der Waals surface area contributed by atoms with Crippen LogP contribution in [0.25, 0.3) is 0 Å². The van der Waals surface area contributed by atoms with E-state index >= 15 is 0 Å². The number of nitrogens with one attached hydrogen (secondary N) is 1. The molecule has 0 amide bonds. The first kappa shape index (κ1) is 16.3. The van der Waals surface area contributed by atoms with Crippen molar-refractivity contribution >= 4 is 22.9 Å². The zero-order chi connectivity index (χ0) is 15.1. The average Bonchev–Trinajstić information content (AvgIpc) is 2.86. The highest BCUT2D eigenvalue weighted by Gasteiger charge is 2.03. The number of nitrogens with zero attached hydrogens (tertiary/aromatic N) is 1. The minimum atomic E-state index is 0.682. The Morgan fingerprint density at radius 1 is 1.19 bits per heavy atom. The summed E-state index contributed by atoms with van der Waals surface area (Å²) in [5.74, 6) is 0.919. The lowest BCUT2D eigenvalue weighted by atomic mass is 10.2. The smallest absolute Gasteiger partial charge is 0.119 e. The maximum absolute atomic E-state index is 5.93. The number of benzene rings is 1. The summed E-state index contributed by atoms with van der Waals surface area (Å²) in [6.45, 7) is 3.35. The Labute approximate surface area is 135 Å². The Morgan fingerprint density at radius 2 is 1.95 bits per heavy atom. The normalized spacial score (nSPS) is 11.0. The molecule has 21 heavy (non-hydrogen) atoms. The van der Waals surface area contributed by atoms with E-state index in [-0.39, 0.29) is 0 Å². The highest BCUT2D eigenvalue weighted by molar-refractivity contribution is 7.16. The molecule has 0 saturated heterocycles. The van der Waals surface area contributed by atoms with Crippen molar-refractivity contribution in [3.63, 3.8) is 0 Å². The third-order valence-electron chi connectivity index (χ3n) is 3.10. The summed E-state index contributed by atoms with van der Waals surface area (Å²) in [4.78, 5) is 3.51. The lowest BCUT2D eigenvalue weighted by Crippen LogP contribution is -2.23. The predicted octanol–water partition coefficient (Wildman–Crippen LogP) is 3.63. The molecule has 5 heteroatoms. The molecule has 0 bridgehead atoms. The van der Waals surface area contributed by atoms with Gasteiger partial charge in [-0.25, -0.2) is 0 Å². The minimum absolute atomic E-state index is 0.682. The van der Waals surface area contributed by atoms with Gasteiger partial charge in [0, 0.05) is 24.5 Å². The number of ether oxygens (including phenoxy) is 1. The van der Waals surface area contributed by atoms with Gasteiger partial charge in [-0.1, -0.05) is 23.7 Å². The summed E-state index contributed by atoms with van der Waals surface area (Å²) in [6.07, 6.45) is 0. The van der Waals surface area contributed by atoms with Gasteiger partial charge in [0.2, 0.25) is 0 Å². The first-order valence-electron chi connectivity index (χ1n) is 6.96. The van der Waals surface area contributed by atoms with Crippen LogP contribution in [0.1, 0.15) is 10.4 Å². The first-order valence-corrected chi connectivity index (χ1v) is 8.16. The number of hydrogen-bond donors (Lipinski definition) is 1. The molecule has 0 radical (unpaired) electrons. The summed E-state index contributed by atoms with van der Waals surface area (Å²) in [7, 11) is 4.04. The monoisotopic (exact) mass is 324 g/mol. The lowest BCUT2D eigenvalue weighted by Gasteiger charge is -2.16. The van der Waals surface area contributed by atoms with Gasteiger partial charge in [-0.2, -0.15) is 0 Å². The molecule has 0 unspecified atom stereocenters. The molecular weight excluding hydrogens is 304 g/mol. The van der Waals surface area contributed by atoms with E-state index in [1.165, 1.54) is 10.4 Å². The molecule has 1 aromatic carbocycles. The topological polar surface area (TPSA) is 24.5 Å². The summed E-state index contributed by atoms with van der Waals surface area (Å²) < 4.78 is 6.61. The molecule has 1 aromatic heterocycles. The molecule has 3 nitrogen and oxygen atoms in total. The molecule has 0 aliphatic heterocycles. The van der Waals surface area contributed by atoms with Crippen molar-refractivity contribution in [2.75, 3.05) is 27.2 Å². The fourth-order valence-electron chi connectivity index (χ4n) is 2.01. The molecule has 0 fully saturated rings. The fraction of sp³-hybridized carbons (Fsp3) is 0.375. The summed E-state index contributed by atoms with van der Waals surface area (Å²) in [5.41, 5.74) is 1.26. The largest absolute Gasteiger partial charge is 0.492 e. The van der Waals surface area contributed by atoms with Crippen LogP contribution < -0.4 is 10.1 Å². The molecule has 0 saturated carbocycles. The lowest BCUT2D eigenvalue weighted by molar-refractivity contribution is 0.234. The van der Waals surface area contributed by atoms with Gasteiger partial charge in [0.25, 0.3) is 0 Å². The Morgan fingerprint density at radius 3 is 2.57 bits per heavy atom. The predicted molar refractivity (Wildman–Crippen MR) is 90.4 cm³/mol. The Kier molecular flexibility index (Phi) is 6.51. The summed E-state index contributed by atoms with van der Waals surface area (Å²) in [5, 5.41) is 3.13. The van der Waals surface area contributed by atoms with Gasteiger partial charge in [0.05, 0.1) is 4.34 Å². The minimum Gasteiger partial charge on any atom is -0.492 e. The van der Waals surface area contributed by atoms with Crippen molar-refractivity contribution in [1.29, 1.82) is 0 Å². The molecule has 114 valence electrons. The summed E-state index contributed by atoms with van der Waals surface area (Å²) >= 11 is 7.56. The van der Waals surface area contributed by atoms with Gasteiger partial charge >= 0.3 is 0 Å². The summed E-state index contributed by atoms with van der Waals surface area (Å²) in [6, 6.07) is 12.2. The van der Waals surface area contributed by atoms with E-state index in [2.05, 4.69) is 35.5 Å². The second-order valence-electron chi connectivity index (χ2n) is 4.97. The van der Waals surface area contributed by atoms with Crippen LogP contribution in [-0.4, -0.2) is 32.1 Å². The standard InChI is InChI=1S/C16H21ClN2OS/c1-18-11-13-3-5-14(6-4-13)20-10-9-19(2)12-15-7-8-16(17)21-15/h3-8,18H,9-12H2,1-2H3. The second kappa shape index (κ2) is 8.39. The van der Waals surface area contributed by atoms with Crippen molar-refractivity contribution in [3.05, 3.63) is 51.2 Å². The Balaban J connectivity index is 1.70. The van der Waals surface area contributed by atoms with Crippen LogP contribution in [0.2, 0.25) is 4.34 Å². The van der Waals surface area contributed by atoms with E-state index < -0.39 is 0 Å². The molecule has 0 atom stereocenters. The molecule has 2 aromatic rings. The molecule has 0 aliphatic rings. The Bertz CT molecular complexity index is 541. The van der Waals surface area contributed by atoms with E-state index in [4.69, 9.17) is 16.3 Å². The SMILES string of the molecule is CNCc1ccc(OCCN(C)Cc2ccc(Cl)s2)cc1. The highest BCUT2D eigenvalue weighted by atomic mass is 35.5. The Hall–Kier alpha value is -1.07. The third-order valence-corrected chi connectivity index (χ3v) is 4.32.